The first-order valence-corrected chi connectivity index (χ1v) is 6.80. The quantitative estimate of drug-likeness (QED) is 0.678. The van der Waals surface area contributed by atoms with E-state index in [-0.39, 0.29) is 10.7 Å². The standard InChI is InChI=1S/C11H22N2OS/c1-3-6-12-7-8-13-10(14)11(2)5-4-9-15-11/h12H,3-9H2,1-2H3,(H,13,14). The van der Waals surface area contributed by atoms with E-state index in [2.05, 4.69) is 24.5 Å². The minimum atomic E-state index is -0.162. The summed E-state index contributed by atoms with van der Waals surface area (Å²) in [6.45, 7) is 6.85. The second-order valence-electron chi connectivity index (χ2n) is 4.19. The topological polar surface area (TPSA) is 41.1 Å². The van der Waals surface area contributed by atoms with E-state index in [1.807, 2.05) is 0 Å². The van der Waals surface area contributed by atoms with Crippen LogP contribution < -0.4 is 10.6 Å². The number of amides is 1. The molecule has 1 aliphatic rings. The van der Waals surface area contributed by atoms with Crippen LogP contribution in [-0.2, 0) is 4.79 Å². The molecule has 1 rings (SSSR count). The average Bonchev–Trinajstić information content (AvgIpc) is 2.66. The zero-order valence-corrected chi connectivity index (χ0v) is 10.6. The van der Waals surface area contributed by atoms with Gasteiger partial charge in [0.2, 0.25) is 5.91 Å². The highest BCUT2D eigenvalue weighted by atomic mass is 32.2. The molecule has 0 aromatic rings. The maximum atomic E-state index is 11.8. The molecule has 1 unspecified atom stereocenters. The van der Waals surface area contributed by atoms with Gasteiger partial charge >= 0.3 is 0 Å². The lowest BCUT2D eigenvalue weighted by Gasteiger charge is -2.21. The Labute approximate surface area is 96.8 Å². The van der Waals surface area contributed by atoms with Gasteiger partial charge in [-0.05, 0) is 38.5 Å². The summed E-state index contributed by atoms with van der Waals surface area (Å²) in [5.41, 5.74) is 0. The number of hydrogen-bond acceptors (Lipinski definition) is 3. The molecule has 1 saturated heterocycles. The molecule has 88 valence electrons. The van der Waals surface area contributed by atoms with Gasteiger partial charge in [-0.1, -0.05) is 6.92 Å². The fourth-order valence-corrected chi connectivity index (χ4v) is 2.94. The van der Waals surface area contributed by atoms with Gasteiger partial charge in [-0.25, -0.2) is 0 Å². The van der Waals surface area contributed by atoms with E-state index in [1.165, 1.54) is 6.42 Å². The van der Waals surface area contributed by atoms with Crippen molar-refractivity contribution in [3.8, 4) is 0 Å². The van der Waals surface area contributed by atoms with Crippen molar-refractivity contribution in [1.82, 2.24) is 10.6 Å². The lowest BCUT2D eigenvalue weighted by molar-refractivity contribution is -0.123. The Kier molecular flexibility index (Phi) is 5.47. The van der Waals surface area contributed by atoms with Crippen molar-refractivity contribution in [3.05, 3.63) is 0 Å². The molecule has 1 fully saturated rings. The van der Waals surface area contributed by atoms with Crippen molar-refractivity contribution < 1.29 is 4.79 Å². The number of nitrogens with one attached hydrogen (secondary N) is 2. The fourth-order valence-electron chi connectivity index (χ4n) is 1.71. The van der Waals surface area contributed by atoms with Crippen molar-refractivity contribution in [2.45, 2.75) is 37.9 Å². The third-order valence-corrected chi connectivity index (χ3v) is 4.23. The van der Waals surface area contributed by atoms with E-state index in [0.29, 0.717) is 0 Å². The lowest BCUT2D eigenvalue weighted by Crippen LogP contribution is -2.42. The highest BCUT2D eigenvalue weighted by Gasteiger charge is 2.36. The highest BCUT2D eigenvalue weighted by molar-refractivity contribution is 8.01. The largest absolute Gasteiger partial charge is 0.354 e. The zero-order valence-electron chi connectivity index (χ0n) is 9.77. The van der Waals surface area contributed by atoms with Gasteiger partial charge in [0.25, 0.3) is 0 Å². The molecule has 0 aromatic heterocycles. The SMILES string of the molecule is CCCNCCNC(=O)C1(C)CCCS1. The Morgan fingerprint density at radius 3 is 2.80 bits per heavy atom. The molecule has 3 nitrogen and oxygen atoms in total. The lowest BCUT2D eigenvalue weighted by atomic mass is 10.1. The summed E-state index contributed by atoms with van der Waals surface area (Å²) in [6.07, 6.45) is 3.33. The van der Waals surface area contributed by atoms with Gasteiger partial charge in [0.15, 0.2) is 0 Å². The maximum Gasteiger partial charge on any atom is 0.235 e. The van der Waals surface area contributed by atoms with Crippen LogP contribution in [0, 0.1) is 0 Å². The Hall–Kier alpha value is -0.220. The molecular formula is C11H22N2OS. The first-order chi connectivity index (χ1) is 7.19. The normalized spacial score (nSPS) is 25.5. The third-order valence-electron chi connectivity index (χ3n) is 2.71. The van der Waals surface area contributed by atoms with Gasteiger partial charge in [0.1, 0.15) is 0 Å². The van der Waals surface area contributed by atoms with Crippen LogP contribution in [0.2, 0.25) is 0 Å². The highest BCUT2D eigenvalue weighted by Crippen LogP contribution is 2.37. The molecule has 1 aliphatic heterocycles. The summed E-state index contributed by atoms with van der Waals surface area (Å²) in [4.78, 5) is 11.8. The zero-order chi connectivity index (χ0) is 11.1. The van der Waals surface area contributed by atoms with E-state index in [1.54, 1.807) is 11.8 Å². The van der Waals surface area contributed by atoms with Crippen LogP contribution in [0.4, 0.5) is 0 Å². The molecule has 1 heterocycles. The van der Waals surface area contributed by atoms with E-state index in [4.69, 9.17) is 0 Å². The van der Waals surface area contributed by atoms with Crippen molar-refractivity contribution in [2.24, 2.45) is 0 Å². The van der Waals surface area contributed by atoms with Gasteiger partial charge in [0.05, 0.1) is 4.75 Å². The summed E-state index contributed by atoms with van der Waals surface area (Å²) in [5.74, 6) is 1.33. The Morgan fingerprint density at radius 2 is 2.20 bits per heavy atom. The molecule has 0 aliphatic carbocycles. The number of carbonyl (C=O) groups is 1. The second kappa shape index (κ2) is 6.38. The number of carbonyl (C=O) groups excluding carboxylic acids is 1. The number of hydrogen-bond donors (Lipinski definition) is 2. The van der Waals surface area contributed by atoms with Crippen LogP contribution in [0.25, 0.3) is 0 Å². The van der Waals surface area contributed by atoms with Crippen LogP contribution in [0.5, 0.6) is 0 Å². The van der Waals surface area contributed by atoms with E-state index < -0.39 is 0 Å². The number of rotatable bonds is 6. The minimum Gasteiger partial charge on any atom is -0.354 e. The average molecular weight is 230 g/mol. The Balaban J connectivity index is 2.12. The Bertz CT molecular complexity index is 203. The number of thioether (sulfide) groups is 1. The summed E-state index contributed by atoms with van der Waals surface area (Å²) in [6, 6.07) is 0. The van der Waals surface area contributed by atoms with Gasteiger partial charge in [0, 0.05) is 13.1 Å². The molecule has 0 radical (unpaired) electrons. The monoisotopic (exact) mass is 230 g/mol. The molecule has 4 heteroatoms. The van der Waals surface area contributed by atoms with E-state index >= 15 is 0 Å². The van der Waals surface area contributed by atoms with Crippen molar-refractivity contribution >= 4 is 17.7 Å². The van der Waals surface area contributed by atoms with Crippen LogP contribution in [0.3, 0.4) is 0 Å². The first-order valence-electron chi connectivity index (χ1n) is 5.82. The van der Waals surface area contributed by atoms with E-state index in [0.717, 1.165) is 38.2 Å². The predicted molar refractivity (Wildman–Crippen MR) is 66.3 cm³/mol. The molecule has 1 amide bonds. The van der Waals surface area contributed by atoms with Crippen LogP contribution >= 0.6 is 11.8 Å². The van der Waals surface area contributed by atoms with Crippen molar-refractivity contribution in [1.29, 1.82) is 0 Å². The predicted octanol–water partition coefficient (Wildman–Crippen LogP) is 1.39. The fraction of sp³-hybridized carbons (Fsp3) is 0.909. The summed E-state index contributed by atoms with van der Waals surface area (Å²) in [5, 5.41) is 6.27. The molecule has 0 saturated carbocycles. The van der Waals surface area contributed by atoms with Gasteiger partial charge in [-0.3, -0.25) is 4.79 Å². The molecular weight excluding hydrogens is 208 g/mol. The molecule has 0 aromatic carbocycles. The van der Waals surface area contributed by atoms with E-state index in [9.17, 15) is 4.79 Å². The van der Waals surface area contributed by atoms with Crippen molar-refractivity contribution in [2.75, 3.05) is 25.4 Å². The first kappa shape index (κ1) is 12.8. The second-order valence-corrected chi connectivity index (χ2v) is 5.79. The van der Waals surface area contributed by atoms with Gasteiger partial charge in [-0.15, -0.1) is 11.8 Å². The minimum absolute atomic E-state index is 0.162. The Morgan fingerprint density at radius 1 is 1.40 bits per heavy atom. The van der Waals surface area contributed by atoms with Gasteiger partial charge < -0.3 is 10.6 Å². The molecule has 15 heavy (non-hydrogen) atoms. The molecule has 1 atom stereocenters. The third kappa shape index (κ3) is 4.03. The maximum absolute atomic E-state index is 11.8. The molecule has 2 N–H and O–H groups in total. The molecule has 0 spiro atoms. The summed E-state index contributed by atoms with van der Waals surface area (Å²) >= 11 is 1.79. The van der Waals surface area contributed by atoms with Crippen LogP contribution in [0.15, 0.2) is 0 Å². The van der Waals surface area contributed by atoms with Gasteiger partial charge in [-0.2, -0.15) is 0 Å². The summed E-state index contributed by atoms with van der Waals surface area (Å²) in [7, 11) is 0. The van der Waals surface area contributed by atoms with Crippen LogP contribution in [-0.4, -0.2) is 36.0 Å². The van der Waals surface area contributed by atoms with Crippen LogP contribution in [0.1, 0.15) is 33.1 Å². The van der Waals surface area contributed by atoms with Crippen molar-refractivity contribution in [3.63, 3.8) is 0 Å². The molecule has 0 bridgehead atoms. The smallest absolute Gasteiger partial charge is 0.235 e. The summed E-state index contributed by atoms with van der Waals surface area (Å²) < 4.78 is -0.162.